The van der Waals surface area contributed by atoms with Gasteiger partial charge in [-0.25, -0.2) is 4.79 Å². The van der Waals surface area contributed by atoms with Gasteiger partial charge < -0.3 is 19.1 Å². The number of halogens is 1. The van der Waals surface area contributed by atoms with Crippen molar-refractivity contribution in [2.45, 2.75) is 39.3 Å². The lowest BCUT2D eigenvalue weighted by molar-refractivity contribution is 0.0471. The number of carbonyl (C=O) groups excluding carboxylic acids is 2. The molecule has 0 spiro atoms. The van der Waals surface area contributed by atoms with Crippen molar-refractivity contribution in [3.63, 3.8) is 0 Å². The fraction of sp³-hybridized carbons (Fsp3) is 0.400. The minimum Gasteiger partial charge on any atom is -0.507 e. The summed E-state index contributed by atoms with van der Waals surface area (Å²) in [4.78, 5) is 24.7. The number of phenols is 1. The maximum absolute atomic E-state index is 12.5. The van der Waals surface area contributed by atoms with E-state index < -0.39 is 12.6 Å². The Hall–Kier alpha value is -2.31. The van der Waals surface area contributed by atoms with E-state index in [2.05, 4.69) is 4.57 Å². The first-order valence-electron chi connectivity index (χ1n) is 8.84. The summed E-state index contributed by atoms with van der Waals surface area (Å²) < 4.78 is 12.8. The second-order valence-electron chi connectivity index (χ2n) is 6.69. The van der Waals surface area contributed by atoms with E-state index >= 15 is 0 Å². The van der Waals surface area contributed by atoms with Crippen molar-refractivity contribution in [3.8, 4) is 5.75 Å². The van der Waals surface area contributed by atoms with E-state index in [1.54, 1.807) is 6.07 Å². The Kier molecular flexibility index (Phi) is 5.87. The molecule has 7 heteroatoms. The number of ether oxygens (including phenoxy) is 2. The molecule has 0 aliphatic carbocycles. The van der Waals surface area contributed by atoms with E-state index in [0.717, 1.165) is 30.8 Å². The minimum absolute atomic E-state index is 0.0702. The highest BCUT2D eigenvalue weighted by molar-refractivity contribution is 6.31. The minimum atomic E-state index is -0.795. The standard InChI is InChI=1S/C20H22ClNO5/c1-12-8-16(13(2)22(12)10-15-4-3-7-26-15)19(24)11-27-20(25)17-9-14(21)5-6-18(17)23/h5-6,8-9,15,23H,3-4,7,10-11H2,1-2H3/t15-/m1/s1. The molecule has 1 N–H and O–H groups in total. The first-order chi connectivity index (χ1) is 12.9. The highest BCUT2D eigenvalue weighted by Gasteiger charge is 2.22. The Morgan fingerprint density at radius 3 is 2.78 bits per heavy atom. The summed E-state index contributed by atoms with van der Waals surface area (Å²) in [6, 6.07) is 5.87. The number of hydrogen-bond acceptors (Lipinski definition) is 5. The molecule has 1 aromatic carbocycles. The quantitative estimate of drug-likeness (QED) is 0.600. The average molecular weight is 392 g/mol. The number of Topliss-reactive ketones (excluding diaryl/α,β-unsaturated/α-hetero) is 1. The summed E-state index contributed by atoms with van der Waals surface area (Å²) in [5.74, 6) is -1.33. The number of carbonyl (C=O) groups is 2. The molecule has 0 saturated carbocycles. The first-order valence-corrected chi connectivity index (χ1v) is 9.21. The predicted octanol–water partition coefficient (Wildman–Crippen LogP) is 3.68. The number of phenolic OH excluding ortho intramolecular Hbond substituents is 1. The number of esters is 1. The maximum atomic E-state index is 12.5. The maximum Gasteiger partial charge on any atom is 0.342 e. The van der Waals surface area contributed by atoms with Crippen molar-refractivity contribution in [2.75, 3.05) is 13.2 Å². The summed E-state index contributed by atoms with van der Waals surface area (Å²) in [6.07, 6.45) is 2.24. The van der Waals surface area contributed by atoms with Crippen LogP contribution in [0.15, 0.2) is 24.3 Å². The normalized spacial score (nSPS) is 16.5. The second kappa shape index (κ2) is 8.15. The highest BCUT2D eigenvalue weighted by Crippen LogP contribution is 2.23. The van der Waals surface area contributed by atoms with Crippen LogP contribution in [0.2, 0.25) is 5.02 Å². The van der Waals surface area contributed by atoms with Crippen LogP contribution in [0.4, 0.5) is 0 Å². The second-order valence-corrected chi connectivity index (χ2v) is 7.13. The van der Waals surface area contributed by atoms with Crippen LogP contribution in [0.1, 0.15) is 44.9 Å². The Bertz CT molecular complexity index is 867. The molecule has 3 rings (SSSR count). The van der Waals surface area contributed by atoms with E-state index in [1.807, 2.05) is 13.8 Å². The van der Waals surface area contributed by atoms with Gasteiger partial charge in [0.1, 0.15) is 11.3 Å². The highest BCUT2D eigenvalue weighted by atomic mass is 35.5. The predicted molar refractivity (Wildman–Crippen MR) is 101 cm³/mol. The van der Waals surface area contributed by atoms with Gasteiger partial charge in [-0.05, 0) is 51.0 Å². The van der Waals surface area contributed by atoms with Gasteiger partial charge in [-0.1, -0.05) is 11.6 Å². The van der Waals surface area contributed by atoms with E-state index in [-0.39, 0.29) is 23.2 Å². The van der Waals surface area contributed by atoms with Gasteiger partial charge in [-0.3, -0.25) is 4.79 Å². The van der Waals surface area contributed by atoms with E-state index in [4.69, 9.17) is 21.1 Å². The van der Waals surface area contributed by atoms with Crippen LogP contribution in [0, 0.1) is 13.8 Å². The Labute approximate surface area is 162 Å². The molecule has 1 aliphatic rings. The molecule has 1 aromatic heterocycles. The fourth-order valence-electron chi connectivity index (χ4n) is 3.31. The van der Waals surface area contributed by atoms with Gasteiger partial charge >= 0.3 is 5.97 Å². The lowest BCUT2D eigenvalue weighted by Gasteiger charge is -2.14. The van der Waals surface area contributed by atoms with E-state index in [0.29, 0.717) is 17.1 Å². The van der Waals surface area contributed by atoms with E-state index in [1.165, 1.54) is 18.2 Å². The van der Waals surface area contributed by atoms with Gasteiger partial charge in [0.25, 0.3) is 0 Å². The lowest BCUT2D eigenvalue weighted by Crippen LogP contribution is -2.18. The van der Waals surface area contributed by atoms with Crippen LogP contribution in [0.3, 0.4) is 0 Å². The molecule has 6 nitrogen and oxygen atoms in total. The average Bonchev–Trinajstić information content (AvgIpc) is 3.25. The van der Waals surface area contributed by atoms with Crippen LogP contribution in [0.25, 0.3) is 0 Å². The van der Waals surface area contributed by atoms with Crippen molar-refractivity contribution < 1.29 is 24.2 Å². The van der Waals surface area contributed by atoms with Crippen molar-refractivity contribution in [1.82, 2.24) is 4.57 Å². The fourth-order valence-corrected chi connectivity index (χ4v) is 3.49. The summed E-state index contributed by atoms with van der Waals surface area (Å²) in [5, 5.41) is 10.0. The van der Waals surface area contributed by atoms with E-state index in [9.17, 15) is 14.7 Å². The molecular weight excluding hydrogens is 370 g/mol. The van der Waals surface area contributed by atoms with Crippen molar-refractivity contribution in [1.29, 1.82) is 0 Å². The molecule has 1 saturated heterocycles. The molecule has 1 aliphatic heterocycles. The zero-order valence-electron chi connectivity index (χ0n) is 15.3. The number of aromatic hydroxyl groups is 1. The number of ketones is 1. The summed E-state index contributed by atoms with van der Waals surface area (Å²) in [7, 11) is 0. The van der Waals surface area contributed by atoms with Gasteiger partial charge in [-0.2, -0.15) is 0 Å². The molecule has 2 heterocycles. The third-order valence-electron chi connectivity index (χ3n) is 4.80. The zero-order valence-corrected chi connectivity index (χ0v) is 16.1. The van der Waals surface area contributed by atoms with Crippen LogP contribution in [-0.2, 0) is 16.0 Å². The molecule has 0 unspecified atom stereocenters. The zero-order chi connectivity index (χ0) is 19.6. The molecule has 0 bridgehead atoms. The number of benzene rings is 1. The number of hydrogen-bond donors (Lipinski definition) is 1. The Morgan fingerprint density at radius 1 is 1.30 bits per heavy atom. The van der Waals surface area contributed by atoms with Crippen LogP contribution in [0.5, 0.6) is 5.75 Å². The summed E-state index contributed by atoms with van der Waals surface area (Å²) in [5.41, 5.74) is 2.24. The number of aryl methyl sites for hydroxylation is 1. The van der Waals surface area contributed by atoms with Gasteiger partial charge in [0.05, 0.1) is 6.10 Å². The molecular formula is C20H22ClNO5. The Morgan fingerprint density at radius 2 is 2.07 bits per heavy atom. The number of aromatic nitrogens is 1. The van der Waals surface area contributed by atoms with Crippen molar-refractivity contribution in [2.24, 2.45) is 0 Å². The van der Waals surface area contributed by atoms with Crippen molar-refractivity contribution in [3.05, 3.63) is 51.8 Å². The van der Waals surface area contributed by atoms with Gasteiger partial charge in [-0.15, -0.1) is 0 Å². The molecule has 1 atom stereocenters. The largest absolute Gasteiger partial charge is 0.507 e. The van der Waals surface area contributed by atoms with Crippen molar-refractivity contribution >= 4 is 23.4 Å². The van der Waals surface area contributed by atoms with Crippen LogP contribution < -0.4 is 0 Å². The topological polar surface area (TPSA) is 77.8 Å². The number of rotatable bonds is 6. The van der Waals surface area contributed by atoms with Gasteiger partial charge in [0.2, 0.25) is 5.78 Å². The number of nitrogens with zero attached hydrogens (tertiary/aromatic N) is 1. The SMILES string of the molecule is Cc1cc(C(=O)COC(=O)c2cc(Cl)ccc2O)c(C)n1C[C@H]1CCCO1. The molecule has 0 amide bonds. The van der Waals surface area contributed by atoms with Gasteiger partial charge in [0, 0.05) is 35.1 Å². The molecule has 0 radical (unpaired) electrons. The smallest absolute Gasteiger partial charge is 0.342 e. The van der Waals surface area contributed by atoms with Gasteiger partial charge in [0.15, 0.2) is 6.61 Å². The molecule has 2 aromatic rings. The third-order valence-corrected chi connectivity index (χ3v) is 5.03. The molecule has 144 valence electrons. The molecule has 27 heavy (non-hydrogen) atoms. The summed E-state index contributed by atoms with van der Waals surface area (Å²) in [6.45, 7) is 4.90. The van der Waals surface area contributed by atoms with Crippen LogP contribution in [-0.4, -0.2) is 40.7 Å². The first kappa shape index (κ1) is 19.5. The third kappa shape index (κ3) is 4.34. The van der Waals surface area contributed by atoms with Crippen LogP contribution >= 0.6 is 11.6 Å². The molecule has 1 fully saturated rings. The Balaban J connectivity index is 1.67. The lowest BCUT2D eigenvalue weighted by atomic mass is 10.1. The summed E-state index contributed by atoms with van der Waals surface area (Å²) >= 11 is 5.83. The monoisotopic (exact) mass is 391 g/mol.